The molecule has 0 spiro atoms. The van der Waals surface area contributed by atoms with E-state index in [1.807, 2.05) is 0 Å². The van der Waals surface area contributed by atoms with E-state index in [4.69, 9.17) is 9.84 Å². The smallest absolute Gasteiger partial charge is 0.341 e. The largest absolute Gasteiger partial charge is 0.481 e. The molecule has 0 saturated carbocycles. The lowest BCUT2D eigenvalue weighted by molar-refractivity contribution is -0.138. The number of carboxylic acid groups (broad SMARTS) is 1. The fourth-order valence-electron chi connectivity index (χ4n) is 3.36. The molecule has 2 N–H and O–H groups in total. The van der Waals surface area contributed by atoms with Crippen LogP contribution in [0.1, 0.15) is 67.3 Å². The normalized spacial score (nSPS) is 16.7. The molecule has 0 saturated heterocycles. The second kappa shape index (κ2) is 8.20. The molecule has 0 aliphatic heterocycles. The molecule has 0 bridgehead atoms. The monoisotopic (exact) mass is 381 g/mol. The first-order chi connectivity index (χ1) is 12.2. The van der Waals surface area contributed by atoms with Crippen molar-refractivity contribution in [1.29, 1.82) is 0 Å². The van der Waals surface area contributed by atoms with Crippen LogP contribution in [0.5, 0.6) is 0 Å². The number of anilines is 1. The molecule has 2 rings (SSSR count). The zero-order chi connectivity index (χ0) is 19.5. The van der Waals surface area contributed by atoms with Gasteiger partial charge in [0.1, 0.15) is 5.00 Å². The molecule has 0 radical (unpaired) electrons. The van der Waals surface area contributed by atoms with Crippen LogP contribution in [0.25, 0.3) is 0 Å². The summed E-state index contributed by atoms with van der Waals surface area (Å²) in [6.07, 6.45) is 3.40. The molecular formula is C19H27NO5S. The van der Waals surface area contributed by atoms with Crippen molar-refractivity contribution >= 4 is 34.2 Å². The maximum Gasteiger partial charge on any atom is 0.341 e. The Morgan fingerprint density at radius 2 is 2.00 bits per heavy atom. The van der Waals surface area contributed by atoms with Crippen molar-refractivity contribution in [2.45, 2.75) is 59.3 Å². The highest BCUT2D eigenvalue weighted by molar-refractivity contribution is 7.17. The van der Waals surface area contributed by atoms with Gasteiger partial charge in [0, 0.05) is 11.3 Å². The van der Waals surface area contributed by atoms with Crippen LogP contribution in [0.15, 0.2) is 0 Å². The van der Waals surface area contributed by atoms with Crippen LogP contribution in [-0.4, -0.2) is 30.1 Å². The Labute approximate surface area is 157 Å². The lowest BCUT2D eigenvalue weighted by Crippen LogP contribution is -2.28. The lowest BCUT2D eigenvalue weighted by atomic mass is 9.69. The number of methoxy groups -OCH3 is 1. The molecule has 144 valence electrons. The first-order valence-corrected chi connectivity index (χ1v) is 9.75. The Balaban J connectivity index is 2.28. The molecule has 6 nitrogen and oxygen atoms in total. The van der Waals surface area contributed by atoms with Gasteiger partial charge in [-0.25, -0.2) is 4.79 Å². The van der Waals surface area contributed by atoms with Gasteiger partial charge >= 0.3 is 11.9 Å². The highest BCUT2D eigenvalue weighted by Crippen LogP contribution is 2.45. The number of amides is 1. The molecular weight excluding hydrogens is 354 g/mol. The van der Waals surface area contributed by atoms with Crippen molar-refractivity contribution in [1.82, 2.24) is 0 Å². The number of carboxylic acids is 1. The van der Waals surface area contributed by atoms with Crippen LogP contribution in [0, 0.1) is 11.3 Å². The molecule has 1 aromatic heterocycles. The fourth-order valence-corrected chi connectivity index (χ4v) is 4.69. The topological polar surface area (TPSA) is 92.7 Å². The van der Waals surface area contributed by atoms with Crippen LogP contribution < -0.4 is 5.32 Å². The Morgan fingerprint density at radius 3 is 2.58 bits per heavy atom. The molecule has 1 aliphatic rings. The summed E-state index contributed by atoms with van der Waals surface area (Å²) in [5.74, 6) is -1.35. The van der Waals surface area contributed by atoms with E-state index < -0.39 is 17.8 Å². The molecule has 1 amide bonds. The van der Waals surface area contributed by atoms with Crippen molar-refractivity contribution in [3.63, 3.8) is 0 Å². The summed E-state index contributed by atoms with van der Waals surface area (Å²) in [7, 11) is 1.33. The van der Waals surface area contributed by atoms with Crippen molar-refractivity contribution in [2.75, 3.05) is 12.4 Å². The van der Waals surface area contributed by atoms with E-state index in [1.54, 1.807) is 0 Å². The van der Waals surface area contributed by atoms with E-state index in [9.17, 15) is 14.4 Å². The van der Waals surface area contributed by atoms with Crippen LogP contribution in [-0.2, 0) is 27.2 Å². The van der Waals surface area contributed by atoms with Crippen LogP contribution in [0.4, 0.5) is 5.00 Å². The SMILES string of the molecule is CCC(C)(C)[C@H]1CCc2c(sc(NC(=O)CCC(=O)O)c2C(=O)OC)C1. The quantitative estimate of drug-likeness (QED) is 0.699. The van der Waals surface area contributed by atoms with Gasteiger partial charge in [0.05, 0.1) is 19.1 Å². The van der Waals surface area contributed by atoms with Gasteiger partial charge in [-0.15, -0.1) is 11.3 Å². The third-order valence-corrected chi connectivity index (χ3v) is 6.66. The molecule has 1 aliphatic carbocycles. The van der Waals surface area contributed by atoms with Crippen LogP contribution in [0.2, 0.25) is 0 Å². The highest BCUT2D eigenvalue weighted by Gasteiger charge is 2.35. The van der Waals surface area contributed by atoms with Crippen molar-refractivity contribution < 1.29 is 24.2 Å². The third kappa shape index (κ3) is 4.44. The Morgan fingerprint density at radius 1 is 1.31 bits per heavy atom. The summed E-state index contributed by atoms with van der Waals surface area (Å²) in [5.41, 5.74) is 1.63. The predicted octanol–water partition coefficient (Wildman–Crippen LogP) is 3.88. The number of hydrogen-bond donors (Lipinski definition) is 2. The maximum atomic E-state index is 12.3. The van der Waals surface area contributed by atoms with Gasteiger partial charge < -0.3 is 15.2 Å². The zero-order valence-corrected chi connectivity index (χ0v) is 16.6. The minimum Gasteiger partial charge on any atom is -0.481 e. The standard InChI is InChI=1S/C19H27NO5S/c1-5-19(2,3)11-6-7-12-13(10-11)26-17(16(12)18(24)25-4)20-14(21)8-9-15(22)23/h11H,5-10H2,1-4H3,(H,20,21)(H,22,23)/t11-/m0/s1. The number of hydrogen-bond acceptors (Lipinski definition) is 5. The molecule has 26 heavy (non-hydrogen) atoms. The average Bonchev–Trinajstić information content (AvgIpc) is 2.96. The van der Waals surface area contributed by atoms with Gasteiger partial charge in [-0.3, -0.25) is 9.59 Å². The summed E-state index contributed by atoms with van der Waals surface area (Å²) in [6.45, 7) is 6.73. The van der Waals surface area contributed by atoms with E-state index in [0.29, 0.717) is 16.5 Å². The number of carbonyl (C=O) groups excluding carboxylic acids is 2. The second-order valence-corrected chi connectivity index (χ2v) is 8.53. The zero-order valence-electron chi connectivity index (χ0n) is 15.8. The van der Waals surface area contributed by atoms with Crippen molar-refractivity contribution in [3.8, 4) is 0 Å². The minimum atomic E-state index is -1.02. The highest BCUT2D eigenvalue weighted by atomic mass is 32.1. The van der Waals surface area contributed by atoms with E-state index in [1.165, 1.54) is 18.4 Å². The van der Waals surface area contributed by atoms with Gasteiger partial charge in [-0.05, 0) is 36.2 Å². The van der Waals surface area contributed by atoms with Crippen molar-refractivity contribution in [3.05, 3.63) is 16.0 Å². The Hall–Kier alpha value is -1.89. The van der Waals surface area contributed by atoms with E-state index in [-0.39, 0.29) is 18.3 Å². The van der Waals surface area contributed by atoms with Gasteiger partial charge in [0.2, 0.25) is 5.91 Å². The molecule has 0 aromatic carbocycles. The summed E-state index contributed by atoms with van der Waals surface area (Å²) < 4.78 is 4.92. The lowest BCUT2D eigenvalue weighted by Gasteiger charge is -2.36. The van der Waals surface area contributed by atoms with Crippen molar-refractivity contribution in [2.24, 2.45) is 11.3 Å². The number of ether oxygens (including phenoxy) is 1. The van der Waals surface area contributed by atoms with E-state index >= 15 is 0 Å². The summed E-state index contributed by atoms with van der Waals surface area (Å²) in [5, 5.41) is 11.9. The van der Waals surface area contributed by atoms with Gasteiger partial charge in [-0.1, -0.05) is 27.2 Å². The Bertz CT molecular complexity index is 707. The third-order valence-electron chi connectivity index (χ3n) is 5.49. The van der Waals surface area contributed by atoms with E-state index in [2.05, 4.69) is 26.1 Å². The number of rotatable bonds is 7. The van der Waals surface area contributed by atoms with Gasteiger partial charge in [0.15, 0.2) is 0 Å². The molecule has 1 atom stereocenters. The van der Waals surface area contributed by atoms with Gasteiger partial charge in [0.25, 0.3) is 0 Å². The maximum absolute atomic E-state index is 12.3. The molecule has 0 fully saturated rings. The van der Waals surface area contributed by atoms with E-state index in [0.717, 1.165) is 36.1 Å². The predicted molar refractivity (Wildman–Crippen MR) is 101 cm³/mol. The minimum absolute atomic E-state index is 0.121. The Kier molecular flexibility index (Phi) is 6.44. The summed E-state index contributed by atoms with van der Waals surface area (Å²) >= 11 is 1.42. The molecule has 7 heteroatoms. The van der Waals surface area contributed by atoms with Crippen LogP contribution in [0.3, 0.4) is 0 Å². The molecule has 0 unspecified atom stereocenters. The summed E-state index contributed by atoms with van der Waals surface area (Å²) in [4.78, 5) is 36.1. The fraction of sp³-hybridized carbons (Fsp3) is 0.632. The second-order valence-electron chi connectivity index (χ2n) is 7.42. The van der Waals surface area contributed by atoms with Crippen LogP contribution >= 0.6 is 11.3 Å². The molecule has 1 aromatic rings. The molecule has 1 heterocycles. The summed E-state index contributed by atoms with van der Waals surface area (Å²) in [6, 6.07) is 0. The average molecular weight is 381 g/mol. The number of carbonyl (C=O) groups is 3. The first-order valence-electron chi connectivity index (χ1n) is 8.94. The van der Waals surface area contributed by atoms with Gasteiger partial charge in [-0.2, -0.15) is 0 Å². The number of aliphatic carboxylic acids is 1. The number of nitrogens with one attached hydrogen (secondary N) is 1. The number of thiophene rings is 1. The number of fused-ring (bicyclic) bond motifs is 1. The number of esters is 1. The first kappa shape index (κ1) is 20.4.